The summed E-state index contributed by atoms with van der Waals surface area (Å²) in [5.74, 6) is -0.0555. The summed E-state index contributed by atoms with van der Waals surface area (Å²) in [5.41, 5.74) is 3.08. The molecule has 1 atom stereocenters. The maximum absolute atomic E-state index is 14.3. The molecule has 42 heavy (non-hydrogen) atoms. The van der Waals surface area contributed by atoms with Crippen molar-refractivity contribution in [3.05, 3.63) is 89.5 Å². The molecule has 4 rings (SSSR count). The number of carbonyl (C=O) groups excluding carboxylic acids is 2. The van der Waals surface area contributed by atoms with Crippen LogP contribution in [0.3, 0.4) is 0 Å². The van der Waals surface area contributed by atoms with Gasteiger partial charge in [-0.2, -0.15) is 0 Å². The first-order valence-corrected chi connectivity index (χ1v) is 16.0. The van der Waals surface area contributed by atoms with Crippen LogP contribution in [0, 0.1) is 13.8 Å². The molecule has 2 amide bonds. The molecule has 1 aliphatic rings. The number of sulfonamides is 1. The predicted molar refractivity (Wildman–Crippen MR) is 165 cm³/mol. The maximum atomic E-state index is 14.3. The van der Waals surface area contributed by atoms with Crippen LogP contribution in [0.1, 0.15) is 55.7 Å². The minimum atomic E-state index is -4.10. The Morgan fingerprint density at radius 1 is 0.952 bits per heavy atom. The van der Waals surface area contributed by atoms with Gasteiger partial charge in [0, 0.05) is 12.6 Å². The van der Waals surface area contributed by atoms with Crippen molar-refractivity contribution in [3.63, 3.8) is 0 Å². The topological polar surface area (TPSA) is 96.0 Å². The molecule has 8 nitrogen and oxygen atoms in total. The largest absolute Gasteiger partial charge is 0.497 e. The van der Waals surface area contributed by atoms with Crippen molar-refractivity contribution >= 4 is 27.5 Å². The normalized spacial score (nSPS) is 14.3. The molecule has 3 aromatic carbocycles. The summed E-state index contributed by atoms with van der Waals surface area (Å²) in [7, 11) is -2.53. The molecule has 0 aliphatic heterocycles. The van der Waals surface area contributed by atoms with Gasteiger partial charge >= 0.3 is 0 Å². The van der Waals surface area contributed by atoms with E-state index in [0.29, 0.717) is 17.9 Å². The number of benzene rings is 3. The van der Waals surface area contributed by atoms with E-state index in [1.165, 1.54) is 17.0 Å². The standard InChI is InChI=1S/C33H41N3O5S/c1-5-31(33(38)34-27-13-9-10-14-27)35(22-26-12-11-15-29(21-26)41-4)32(37)23-36(28-19-18-24(2)25(3)20-28)42(39,40)30-16-7-6-8-17-30/h6-8,11-12,15-21,27,31H,5,9-10,13-14,22-23H2,1-4H3,(H,34,38)/t31-/m0/s1. The number of amides is 2. The summed E-state index contributed by atoms with van der Waals surface area (Å²) in [5, 5.41) is 3.14. The van der Waals surface area contributed by atoms with E-state index in [-0.39, 0.29) is 23.4 Å². The second kappa shape index (κ2) is 13.9. The predicted octanol–water partition coefficient (Wildman–Crippen LogP) is 5.37. The minimum absolute atomic E-state index is 0.0846. The quantitative estimate of drug-likeness (QED) is 0.305. The molecule has 1 N–H and O–H groups in total. The SMILES string of the molecule is CC[C@@H](C(=O)NC1CCCC1)N(Cc1cccc(OC)c1)C(=O)CN(c1ccc(C)c(C)c1)S(=O)(=O)c1ccccc1. The molecule has 0 bridgehead atoms. The number of ether oxygens (including phenoxy) is 1. The second-order valence-electron chi connectivity index (χ2n) is 10.9. The smallest absolute Gasteiger partial charge is 0.264 e. The summed E-state index contributed by atoms with van der Waals surface area (Å²) in [6.45, 7) is 5.39. The van der Waals surface area contributed by atoms with Crippen LogP contribution in [-0.2, 0) is 26.2 Å². The Hall–Kier alpha value is -3.85. The van der Waals surface area contributed by atoms with Crippen LogP contribution in [-0.4, -0.2) is 50.9 Å². The Morgan fingerprint density at radius 2 is 1.67 bits per heavy atom. The van der Waals surface area contributed by atoms with Crippen LogP contribution in [0.4, 0.5) is 5.69 Å². The van der Waals surface area contributed by atoms with Gasteiger partial charge < -0.3 is 15.0 Å². The Labute approximate surface area is 249 Å². The van der Waals surface area contributed by atoms with Gasteiger partial charge in [0.15, 0.2) is 0 Å². The molecule has 0 spiro atoms. The van der Waals surface area contributed by atoms with E-state index >= 15 is 0 Å². The fourth-order valence-corrected chi connectivity index (χ4v) is 6.81. The number of methoxy groups -OCH3 is 1. The summed E-state index contributed by atoms with van der Waals surface area (Å²) < 4.78 is 34.5. The Balaban J connectivity index is 1.73. The van der Waals surface area contributed by atoms with Crippen LogP contribution >= 0.6 is 0 Å². The Kier molecular flexibility index (Phi) is 10.3. The van der Waals surface area contributed by atoms with E-state index in [9.17, 15) is 18.0 Å². The molecular formula is C33H41N3O5S. The highest BCUT2D eigenvalue weighted by Crippen LogP contribution is 2.27. The van der Waals surface area contributed by atoms with Crippen molar-refractivity contribution in [1.82, 2.24) is 10.2 Å². The molecule has 1 fully saturated rings. The molecule has 1 saturated carbocycles. The highest BCUT2D eigenvalue weighted by molar-refractivity contribution is 7.92. The fraction of sp³-hybridized carbons (Fsp3) is 0.394. The zero-order chi connectivity index (χ0) is 30.3. The number of carbonyl (C=O) groups is 2. The first-order valence-electron chi connectivity index (χ1n) is 14.5. The summed E-state index contributed by atoms with van der Waals surface area (Å²) >= 11 is 0. The summed E-state index contributed by atoms with van der Waals surface area (Å²) in [6, 6.07) is 20.1. The second-order valence-corrected chi connectivity index (χ2v) is 12.7. The molecule has 0 saturated heterocycles. The number of nitrogens with zero attached hydrogens (tertiary/aromatic N) is 2. The van der Waals surface area contributed by atoms with Crippen molar-refractivity contribution in [2.75, 3.05) is 18.0 Å². The molecular weight excluding hydrogens is 550 g/mol. The molecule has 0 radical (unpaired) electrons. The zero-order valence-corrected chi connectivity index (χ0v) is 25.7. The third kappa shape index (κ3) is 7.31. The van der Waals surface area contributed by atoms with E-state index < -0.39 is 28.5 Å². The van der Waals surface area contributed by atoms with Gasteiger partial charge in [0.25, 0.3) is 10.0 Å². The zero-order valence-electron chi connectivity index (χ0n) is 24.9. The monoisotopic (exact) mass is 591 g/mol. The van der Waals surface area contributed by atoms with Gasteiger partial charge in [-0.15, -0.1) is 0 Å². The lowest BCUT2D eigenvalue weighted by Gasteiger charge is -2.34. The van der Waals surface area contributed by atoms with Crippen LogP contribution in [0.25, 0.3) is 0 Å². The van der Waals surface area contributed by atoms with Crippen molar-refractivity contribution in [1.29, 1.82) is 0 Å². The number of anilines is 1. The van der Waals surface area contributed by atoms with Gasteiger partial charge in [0.05, 0.1) is 17.7 Å². The lowest BCUT2D eigenvalue weighted by atomic mass is 10.1. The average molecular weight is 592 g/mol. The van der Waals surface area contributed by atoms with Crippen LogP contribution < -0.4 is 14.4 Å². The van der Waals surface area contributed by atoms with E-state index in [1.807, 2.05) is 51.1 Å². The fourth-order valence-electron chi connectivity index (χ4n) is 5.38. The number of hydrogen-bond acceptors (Lipinski definition) is 5. The number of rotatable bonds is 12. The third-order valence-electron chi connectivity index (χ3n) is 7.96. The van der Waals surface area contributed by atoms with Crippen molar-refractivity contribution < 1.29 is 22.7 Å². The van der Waals surface area contributed by atoms with Gasteiger partial charge in [-0.25, -0.2) is 8.42 Å². The van der Waals surface area contributed by atoms with E-state index in [0.717, 1.165) is 46.7 Å². The van der Waals surface area contributed by atoms with Crippen molar-refractivity contribution in [3.8, 4) is 5.75 Å². The van der Waals surface area contributed by atoms with Gasteiger partial charge in [-0.1, -0.05) is 56.2 Å². The average Bonchev–Trinajstić information content (AvgIpc) is 3.50. The molecule has 0 aromatic heterocycles. The molecule has 0 heterocycles. The lowest BCUT2D eigenvalue weighted by Crippen LogP contribution is -2.53. The van der Waals surface area contributed by atoms with Gasteiger partial charge in [0.1, 0.15) is 18.3 Å². The Bertz CT molecular complexity index is 1490. The summed E-state index contributed by atoms with van der Waals surface area (Å²) in [6.07, 6.45) is 4.35. The highest BCUT2D eigenvalue weighted by Gasteiger charge is 2.34. The Morgan fingerprint density at radius 3 is 2.31 bits per heavy atom. The van der Waals surface area contributed by atoms with Crippen LogP contribution in [0.15, 0.2) is 77.7 Å². The molecule has 1 aliphatic carbocycles. The van der Waals surface area contributed by atoms with E-state index in [1.54, 1.807) is 37.4 Å². The first kappa shape index (κ1) is 31.1. The van der Waals surface area contributed by atoms with Gasteiger partial charge in [-0.3, -0.25) is 13.9 Å². The van der Waals surface area contributed by atoms with Gasteiger partial charge in [-0.05, 0) is 86.2 Å². The van der Waals surface area contributed by atoms with E-state index in [4.69, 9.17) is 4.74 Å². The number of hydrogen-bond donors (Lipinski definition) is 1. The van der Waals surface area contributed by atoms with Crippen molar-refractivity contribution in [2.24, 2.45) is 0 Å². The molecule has 9 heteroatoms. The maximum Gasteiger partial charge on any atom is 0.264 e. The first-order chi connectivity index (χ1) is 20.1. The van der Waals surface area contributed by atoms with E-state index in [2.05, 4.69) is 5.32 Å². The molecule has 0 unspecified atom stereocenters. The summed E-state index contributed by atoms with van der Waals surface area (Å²) in [4.78, 5) is 29.4. The minimum Gasteiger partial charge on any atom is -0.497 e. The number of aryl methyl sites for hydroxylation is 2. The third-order valence-corrected chi connectivity index (χ3v) is 9.75. The van der Waals surface area contributed by atoms with Crippen LogP contribution in [0.5, 0.6) is 5.75 Å². The van der Waals surface area contributed by atoms with Gasteiger partial charge in [0.2, 0.25) is 11.8 Å². The molecule has 224 valence electrons. The molecule has 3 aromatic rings. The van der Waals surface area contributed by atoms with Crippen LogP contribution in [0.2, 0.25) is 0 Å². The lowest BCUT2D eigenvalue weighted by molar-refractivity contribution is -0.140. The highest BCUT2D eigenvalue weighted by atomic mass is 32.2. The number of nitrogens with one attached hydrogen (secondary N) is 1. The van der Waals surface area contributed by atoms with Crippen molar-refractivity contribution in [2.45, 2.75) is 76.4 Å².